The summed E-state index contributed by atoms with van der Waals surface area (Å²) in [5, 5.41) is 5.67. The molecule has 0 aliphatic heterocycles. The van der Waals surface area contributed by atoms with Gasteiger partial charge in [0.15, 0.2) is 0 Å². The summed E-state index contributed by atoms with van der Waals surface area (Å²) >= 11 is 0. The van der Waals surface area contributed by atoms with Gasteiger partial charge in [0.25, 0.3) is 11.8 Å². The molecule has 2 amide bonds. The standard InChI is InChI=1S/C19H23N3O2/c1-14-7-6-8-15(13-14)18(23)22-17-10-3-2-9-16(17)19(24)21-12-5-4-11-20/h2-3,6-10,13H,4-5,11-12,20H2,1H3,(H,21,24)(H,22,23). The van der Waals surface area contributed by atoms with Crippen molar-refractivity contribution in [1.82, 2.24) is 5.32 Å². The fraction of sp³-hybridized carbons (Fsp3) is 0.263. The third kappa shape index (κ3) is 4.93. The molecule has 0 atom stereocenters. The van der Waals surface area contributed by atoms with Crippen LogP contribution < -0.4 is 16.4 Å². The molecule has 0 fully saturated rings. The molecule has 0 aromatic heterocycles. The minimum Gasteiger partial charge on any atom is -0.352 e. The van der Waals surface area contributed by atoms with Crippen LogP contribution in [0.25, 0.3) is 0 Å². The maximum atomic E-state index is 12.4. The number of carbonyl (C=O) groups is 2. The monoisotopic (exact) mass is 325 g/mol. The number of nitrogens with two attached hydrogens (primary N) is 1. The first-order chi connectivity index (χ1) is 11.6. The summed E-state index contributed by atoms with van der Waals surface area (Å²) in [5.41, 5.74) is 7.96. The molecule has 126 valence electrons. The van der Waals surface area contributed by atoms with Crippen molar-refractivity contribution in [2.75, 3.05) is 18.4 Å². The highest BCUT2D eigenvalue weighted by Crippen LogP contribution is 2.16. The Morgan fingerprint density at radius 3 is 2.54 bits per heavy atom. The van der Waals surface area contributed by atoms with Crippen molar-refractivity contribution in [2.45, 2.75) is 19.8 Å². The number of para-hydroxylation sites is 1. The molecular formula is C19H23N3O2. The van der Waals surface area contributed by atoms with E-state index in [4.69, 9.17) is 5.73 Å². The molecule has 0 aliphatic carbocycles. The number of hydrogen-bond donors (Lipinski definition) is 3. The number of hydrogen-bond acceptors (Lipinski definition) is 3. The fourth-order valence-electron chi connectivity index (χ4n) is 2.34. The zero-order valence-corrected chi connectivity index (χ0v) is 13.8. The van der Waals surface area contributed by atoms with Crippen molar-refractivity contribution in [3.8, 4) is 0 Å². The first-order valence-electron chi connectivity index (χ1n) is 8.07. The maximum Gasteiger partial charge on any atom is 0.255 e. The van der Waals surface area contributed by atoms with E-state index in [1.54, 1.807) is 30.3 Å². The van der Waals surface area contributed by atoms with Gasteiger partial charge in [-0.05, 0) is 50.6 Å². The molecule has 2 aromatic rings. The van der Waals surface area contributed by atoms with E-state index in [1.807, 2.05) is 25.1 Å². The highest BCUT2D eigenvalue weighted by molar-refractivity contribution is 6.09. The zero-order valence-electron chi connectivity index (χ0n) is 13.8. The first kappa shape index (κ1) is 17.7. The van der Waals surface area contributed by atoms with E-state index < -0.39 is 0 Å². The zero-order chi connectivity index (χ0) is 17.4. The van der Waals surface area contributed by atoms with Gasteiger partial charge in [-0.1, -0.05) is 29.8 Å². The Morgan fingerprint density at radius 1 is 1.00 bits per heavy atom. The molecule has 0 unspecified atom stereocenters. The largest absolute Gasteiger partial charge is 0.352 e. The van der Waals surface area contributed by atoms with Crippen molar-refractivity contribution in [2.24, 2.45) is 5.73 Å². The number of nitrogens with one attached hydrogen (secondary N) is 2. The number of unbranched alkanes of at least 4 members (excludes halogenated alkanes) is 1. The summed E-state index contributed by atoms with van der Waals surface area (Å²) in [6.07, 6.45) is 1.70. The number of carbonyl (C=O) groups excluding carboxylic acids is 2. The van der Waals surface area contributed by atoms with Crippen LogP contribution in [0.3, 0.4) is 0 Å². The Hall–Kier alpha value is -2.66. The van der Waals surface area contributed by atoms with Crippen LogP contribution in [0.15, 0.2) is 48.5 Å². The second-order valence-corrected chi connectivity index (χ2v) is 5.62. The molecule has 2 aromatic carbocycles. The lowest BCUT2D eigenvalue weighted by Crippen LogP contribution is -2.26. The number of benzene rings is 2. The highest BCUT2D eigenvalue weighted by Gasteiger charge is 2.13. The maximum absolute atomic E-state index is 12.4. The van der Waals surface area contributed by atoms with E-state index >= 15 is 0 Å². The second-order valence-electron chi connectivity index (χ2n) is 5.62. The molecule has 0 saturated carbocycles. The average Bonchev–Trinajstić information content (AvgIpc) is 2.59. The van der Waals surface area contributed by atoms with Crippen LogP contribution in [0.4, 0.5) is 5.69 Å². The van der Waals surface area contributed by atoms with E-state index in [0.717, 1.165) is 18.4 Å². The second kappa shape index (κ2) is 8.84. The minimum atomic E-state index is -0.234. The quantitative estimate of drug-likeness (QED) is 0.684. The van der Waals surface area contributed by atoms with E-state index in [2.05, 4.69) is 10.6 Å². The van der Waals surface area contributed by atoms with Crippen LogP contribution in [0.5, 0.6) is 0 Å². The van der Waals surface area contributed by atoms with Gasteiger partial charge < -0.3 is 16.4 Å². The number of rotatable bonds is 7. The SMILES string of the molecule is Cc1cccc(C(=O)Nc2ccccc2C(=O)NCCCCN)c1. The molecule has 0 radical (unpaired) electrons. The van der Waals surface area contributed by atoms with Gasteiger partial charge in [0, 0.05) is 12.1 Å². The third-order valence-electron chi connectivity index (χ3n) is 3.62. The van der Waals surface area contributed by atoms with Crippen molar-refractivity contribution in [3.05, 3.63) is 65.2 Å². The molecule has 5 nitrogen and oxygen atoms in total. The normalized spacial score (nSPS) is 10.2. The summed E-state index contributed by atoms with van der Waals surface area (Å²) in [6.45, 7) is 3.11. The smallest absolute Gasteiger partial charge is 0.255 e. The van der Waals surface area contributed by atoms with E-state index in [0.29, 0.717) is 29.9 Å². The van der Waals surface area contributed by atoms with E-state index in [1.165, 1.54) is 0 Å². The molecule has 24 heavy (non-hydrogen) atoms. The van der Waals surface area contributed by atoms with Crippen LogP contribution in [-0.4, -0.2) is 24.9 Å². The summed E-state index contributed by atoms with van der Waals surface area (Å²) in [7, 11) is 0. The van der Waals surface area contributed by atoms with Crippen molar-refractivity contribution >= 4 is 17.5 Å². The van der Waals surface area contributed by atoms with Gasteiger partial charge in [-0.3, -0.25) is 9.59 Å². The summed E-state index contributed by atoms with van der Waals surface area (Å²) in [4.78, 5) is 24.7. The predicted octanol–water partition coefficient (Wildman–Crippen LogP) is 2.72. The van der Waals surface area contributed by atoms with Crippen LogP contribution in [0.1, 0.15) is 39.1 Å². The van der Waals surface area contributed by atoms with Crippen molar-refractivity contribution in [3.63, 3.8) is 0 Å². The van der Waals surface area contributed by atoms with Crippen LogP contribution >= 0.6 is 0 Å². The van der Waals surface area contributed by atoms with Gasteiger partial charge in [-0.2, -0.15) is 0 Å². The van der Waals surface area contributed by atoms with Gasteiger partial charge in [0.2, 0.25) is 0 Å². The Balaban J connectivity index is 2.08. The van der Waals surface area contributed by atoms with Gasteiger partial charge in [0.05, 0.1) is 11.3 Å². The third-order valence-corrected chi connectivity index (χ3v) is 3.62. The van der Waals surface area contributed by atoms with Gasteiger partial charge in [0.1, 0.15) is 0 Å². The minimum absolute atomic E-state index is 0.202. The van der Waals surface area contributed by atoms with Crippen LogP contribution in [-0.2, 0) is 0 Å². The fourth-order valence-corrected chi connectivity index (χ4v) is 2.34. The molecule has 0 spiro atoms. The lowest BCUT2D eigenvalue weighted by atomic mass is 10.1. The lowest BCUT2D eigenvalue weighted by molar-refractivity contribution is 0.0954. The first-order valence-corrected chi connectivity index (χ1v) is 8.07. The van der Waals surface area contributed by atoms with Crippen LogP contribution in [0.2, 0.25) is 0 Å². The summed E-state index contributed by atoms with van der Waals surface area (Å²) in [6, 6.07) is 14.3. The molecule has 4 N–H and O–H groups in total. The Bertz CT molecular complexity index is 713. The van der Waals surface area contributed by atoms with Crippen molar-refractivity contribution in [1.29, 1.82) is 0 Å². The van der Waals surface area contributed by atoms with Gasteiger partial charge in [-0.15, -0.1) is 0 Å². The average molecular weight is 325 g/mol. The topological polar surface area (TPSA) is 84.2 Å². The summed E-state index contributed by atoms with van der Waals surface area (Å²) in [5.74, 6) is -0.436. The highest BCUT2D eigenvalue weighted by atomic mass is 16.2. The Labute approximate surface area is 142 Å². The summed E-state index contributed by atoms with van der Waals surface area (Å²) < 4.78 is 0. The molecule has 0 heterocycles. The molecule has 0 bridgehead atoms. The lowest BCUT2D eigenvalue weighted by Gasteiger charge is -2.11. The molecular weight excluding hydrogens is 302 g/mol. The van der Waals surface area contributed by atoms with E-state index in [9.17, 15) is 9.59 Å². The Morgan fingerprint density at radius 2 is 1.79 bits per heavy atom. The molecule has 0 saturated heterocycles. The van der Waals surface area contributed by atoms with Gasteiger partial charge in [-0.25, -0.2) is 0 Å². The number of anilines is 1. The van der Waals surface area contributed by atoms with E-state index in [-0.39, 0.29) is 11.8 Å². The van der Waals surface area contributed by atoms with Crippen molar-refractivity contribution < 1.29 is 9.59 Å². The molecule has 5 heteroatoms. The Kier molecular flexibility index (Phi) is 6.51. The number of aryl methyl sites for hydroxylation is 1. The number of amides is 2. The van der Waals surface area contributed by atoms with Gasteiger partial charge >= 0.3 is 0 Å². The predicted molar refractivity (Wildman–Crippen MR) is 96.2 cm³/mol. The van der Waals surface area contributed by atoms with Crippen LogP contribution in [0, 0.1) is 6.92 Å². The molecule has 0 aliphatic rings. The molecule has 2 rings (SSSR count).